The molecular weight excluding hydrogens is 281 g/mol. The second kappa shape index (κ2) is 7.04. The zero-order valence-electron chi connectivity index (χ0n) is 11.3. The first-order valence-electron chi connectivity index (χ1n) is 6.92. The lowest BCUT2D eigenvalue weighted by molar-refractivity contribution is -0.137. The fourth-order valence-corrected chi connectivity index (χ4v) is 2.81. The molecule has 1 fully saturated rings. The fraction of sp³-hybridized carbons (Fsp3) is 0.533. The molecule has 0 saturated carbocycles. The van der Waals surface area contributed by atoms with Crippen molar-refractivity contribution in [3.05, 3.63) is 34.6 Å². The first-order valence-corrected chi connectivity index (χ1v) is 7.30. The summed E-state index contributed by atoms with van der Waals surface area (Å²) >= 11 is 5.74. The van der Waals surface area contributed by atoms with E-state index in [2.05, 4.69) is 4.90 Å². The number of halogens is 2. The Hall–Kier alpha value is -1.13. The molecule has 5 heteroatoms. The molecule has 2 rings (SSSR count). The lowest BCUT2D eigenvalue weighted by Crippen LogP contribution is -2.33. The van der Waals surface area contributed by atoms with Crippen molar-refractivity contribution in [2.45, 2.75) is 32.2 Å². The molecule has 0 spiro atoms. The average molecular weight is 300 g/mol. The SMILES string of the molecule is O=C(O)CCC1CCN(Cc2ccc(Cl)cc2F)CC1. The number of benzene rings is 1. The van der Waals surface area contributed by atoms with Gasteiger partial charge in [0.15, 0.2) is 0 Å². The topological polar surface area (TPSA) is 40.5 Å². The van der Waals surface area contributed by atoms with E-state index in [4.69, 9.17) is 16.7 Å². The molecule has 0 bridgehead atoms. The van der Waals surface area contributed by atoms with Crippen molar-refractivity contribution >= 4 is 17.6 Å². The molecule has 0 radical (unpaired) electrons. The van der Waals surface area contributed by atoms with Crippen LogP contribution in [-0.2, 0) is 11.3 Å². The molecule has 0 unspecified atom stereocenters. The Bertz CT molecular complexity index is 473. The average Bonchev–Trinajstić information content (AvgIpc) is 2.41. The maximum Gasteiger partial charge on any atom is 0.303 e. The van der Waals surface area contributed by atoms with Gasteiger partial charge in [0.05, 0.1) is 0 Å². The minimum absolute atomic E-state index is 0.247. The van der Waals surface area contributed by atoms with Crippen molar-refractivity contribution in [1.82, 2.24) is 4.90 Å². The number of hydrogen-bond acceptors (Lipinski definition) is 2. The van der Waals surface area contributed by atoms with E-state index in [1.165, 1.54) is 6.07 Å². The second-order valence-electron chi connectivity index (χ2n) is 5.39. The third kappa shape index (κ3) is 4.46. The molecule has 1 aliphatic heterocycles. The van der Waals surface area contributed by atoms with Crippen molar-refractivity contribution in [3.8, 4) is 0 Å². The summed E-state index contributed by atoms with van der Waals surface area (Å²) < 4.78 is 13.7. The van der Waals surface area contributed by atoms with Gasteiger partial charge in [-0.05, 0) is 50.4 Å². The Labute approximate surface area is 123 Å². The maximum absolute atomic E-state index is 13.7. The molecule has 1 aliphatic rings. The summed E-state index contributed by atoms with van der Waals surface area (Å²) in [6.07, 6.45) is 2.97. The first-order chi connectivity index (χ1) is 9.54. The predicted molar refractivity (Wildman–Crippen MR) is 76.3 cm³/mol. The van der Waals surface area contributed by atoms with Crippen LogP contribution in [0, 0.1) is 11.7 Å². The van der Waals surface area contributed by atoms with Gasteiger partial charge in [-0.2, -0.15) is 0 Å². The van der Waals surface area contributed by atoms with Crippen LogP contribution >= 0.6 is 11.6 Å². The van der Waals surface area contributed by atoms with E-state index >= 15 is 0 Å². The smallest absolute Gasteiger partial charge is 0.303 e. The predicted octanol–water partition coefficient (Wildman–Crippen LogP) is 3.56. The van der Waals surface area contributed by atoms with Crippen LogP contribution in [0.2, 0.25) is 5.02 Å². The Kier molecular flexibility index (Phi) is 5.38. The summed E-state index contributed by atoms with van der Waals surface area (Å²) in [7, 11) is 0. The summed E-state index contributed by atoms with van der Waals surface area (Å²) in [6, 6.07) is 4.78. The molecular formula is C15H19ClFNO2. The Morgan fingerprint density at radius 3 is 2.70 bits per heavy atom. The number of piperidine rings is 1. The van der Waals surface area contributed by atoms with Gasteiger partial charge in [0, 0.05) is 23.6 Å². The second-order valence-corrected chi connectivity index (χ2v) is 5.82. The number of nitrogens with zero attached hydrogens (tertiary/aromatic N) is 1. The molecule has 1 N–H and O–H groups in total. The summed E-state index contributed by atoms with van der Waals surface area (Å²) in [5.74, 6) is -0.501. The van der Waals surface area contributed by atoms with E-state index in [1.807, 2.05) is 0 Å². The molecule has 0 aromatic heterocycles. The van der Waals surface area contributed by atoms with E-state index in [1.54, 1.807) is 12.1 Å². The summed E-state index contributed by atoms with van der Waals surface area (Å²) in [5, 5.41) is 9.10. The van der Waals surface area contributed by atoms with Crippen LogP contribution in [0.1, 0.15) is 31.2 Å². The zero-order chi connectivity index (χ0) is 14.5. The van der Waals surface area contributed by atoms with Gasteiger partial charge in [-0.1, -0.05) is 17.7 Å². The van der Waals surface area contributed by atoms with Gasteiger partial charge in [0.1, 0.15) is 5.82 Å². The van der Waals surface area contributed by atoms with Gasteiger partial charge in [0.2, 0.25) is 0 Å². The van der Waals surface area contributed by atoms with Crippen molar-refractivity contribution in [3.63, 3.8) is 0 Å². The molecule has 1 aromatic carbocycles. The van der Waals surface area contributed by atoms with Gasteiger partial charge in [-0.3, -0.25) is 9.69 Å². The van der Waals surface area contributed by atoms with Crippen LogP contribution in [-0.4, -0.2) is 29.1 Å². The summed E-state index contributed by atoms with van der Waals surface area (Å²) in [6.45, 7) is 2.38. The lowest BCUT2D eigenvalue weighted by atomic mass is 9.92. The highest BCUT2D eigenvalue weighted by molar-refractivity contribution is 6.30. The third-order valence-electron chi connectivity index (χ3n) is 3.88. The number of carbonyl (C=O) groups is 1. The number of aliphatic carboxylic acids is 1. The van der Waals surface area contributed by atoms with Crippen molar-refractivity contribution in [2.24, 2.45) is 5.92 Å². The maximum atomic E-state index is 13.7. The number of carboxylic acid groups (broad SMARTS) is 1. The third-order valence-corrected chi connectivity index (χ3v) is 4.12. The molecule has 1 heterocycles. The lowest BCUT2D eigenvalue weighted by Gasteiger charge is -2.31. The minimum atomic E-state index is -0.726. The van der Waals surface area contributed by atoms with E-state index in [-0.39, 0.29) is 12.2 Å². The molecule has 0 amide bonds. The van der Waals surface area contributed by atoms with Gasteiger partial charge in [0.25, 0.3) is 0 Å². The number of carboxylic acids is 1. The van der Waals surface area contributed by atoms with Crippen LogP contribution in [0.15, 0.2) is 18.2 Å². The van der Waals surface area contributed by atoms with E-state index in [0.29, 0.717) is 23.0 Å². The Balaban J connectivity index is 1.80. The minimum Gasteiger partial charge on any atom is -0.481 e. The molecule has 0 aliphatic carbocycles. The molecule has 20 heavy (non-hydrogen) atoms. The molecule has 1 aromatic rings. The molecule has 1 saturated heterocycles. The Morgan fingerprint density at radius 1 is 1.40 bits per heavy atom. The van der Waals surface area contributed by atoms with Crippen molar-refractivity contribution in [2.75, 3.05) is 13.1 Å². The van der Waals surface area contributed by atoms with Crippen LogP contribution in [0.25, 0.3) is 0 Å². The van der Waals surface area contributed by atoms with Crippen LogP contribution in [0.3, 0.4) is 0 Å². The van der Waals surface area contributed by atoms with Gasteiger partial charge >= 0.3 is 5.97 Å². The van der Waals surface area contributed by atoms with Crippen molar-refractivity contribution < 1.29 is 14.3 Å². The number of likely N-dealkylation sites (tertiary alicyclic amines) is 1. The monoisotopic (exact) mass is 299 g/mol. The van der Waals surface area contributed by atoms with Crippen LogP contribution < -0.4 is 0 Å². The van der Waals surface area contributed by atoms with Crippen molar-refractivity contribution in [1.29, 1.82) is 0 Å². The summed E-state index contributed by atoms with van der Waals surface area (Å²) in [4.78, 5) is 12.8. The van der Waals surface area contributed by atoms with Gasteiger partial charge < -0.3 is 5.11 Å². The Morgan fingerprint density at radius 2 is 2.10 bits per heavy atom. The number of rotatable bonds is 5. The highest BCUT2D eigenvalue weighted by atomic mass is 35.5. The van der Waals surface area contributed by atoms with E-state index < -0.39 is 5.97 Å². The molecule has 0 atom stereocenters. The fourth-order valence-electron chi connectivity index (χ4n) is 2.65. The quantitative estimate of drug-likeness (QED) is 0.904. The zero-order valence-corrected chi connectivity index (χ0v) is 12.1. The first kappa shape index (κ1) is 15.3. The molecule has 110 valence electrons. The van der Waals surface area contributed by atoms with Gasteiger partial charge in [-0.25, -0.2) is 4.39 Å². The van der Waals surface area contributed by atoms with Crippen LogP contribution in [0.5, 0.6) is 0 Å². The van der Waals surface area contributed by atoms with Gasteiger partial charge in [-0.15, -0.1) is 0 Å². The summed E-state index contributed by atoms with van der Waals surface area (Å²) in [5.41, 5.74) is 0.665. The van der Waals surface area contributed by atoms with Crippen LogP contribution in [0.4, 0.5) is 4.39 Å². The standard InChI is InChI=1S/C15H19ClFNO2/c16-13-3-2-12(14(17)9-13)10-18-7-5-11(6-8-18)1-4-15(19)20/h2-3,9,11H,1,4-8,10H2,(H,19,20). The van der Waals surface area contributed by atoms with E-state index in [0.717, 1.165) is 32.4 Å². The largest absolute Gasteiger partial charge is 0.481 e. The van der Waals surface area contributed by atoms with E-state index in [9.17, 15) is 9.18 Å². The highest BCUT2D eigenvalue weighted by Crippen LogP contribution is 2.24. The highest BCUT2D eigenvalue weighted by Gasteiger charge is 2.20. The molecule has 3 nitrogen and oxygen atoms in total. The number of hydrogen-bond donors (Lipinski definition) is 1. The normalized spacial score (nSPS) is 17.3.